The molecule has 0 radical (unpaired) electrons. The number of morpholine rings is 1. The third-order valence-corrected chi connectivity index (χ3v) is 2.95. The van der Waals surface area contributed by atoms with Gasteiger partial charge in [-0.1, -0.05) is 12.1 Å². The second kappa shape index (κ2) is 6.32. The molecule has 0 aromatic heterocycles. The van der Waals surface area contributed by atoms with Crippen molar-refractivity contribution in [3.8, 4) is 0 Å². The first-order valence-corrected chi connectivity index (χ1v) is 6.05. The molecule has 1 heterocycles. The minimum absolute atomic E-state index is 0.125. The van der Waals surface area contributed by atoms with E-state index in [4.69, 9.17) is 4.74 Å². The van der Waals surface area contributed by atoms with Crippen LogP contribution in [0.2, 0.25) is 0 Å². The van der Waals surface area contributed by atoms with Crippen LogP contribution >= 0.6 is 0 Å². The molecule has 1 fully saturated rings. The Balaban J connectivity index is 1.84. The van der Waals surface area contributed by atoms with E-state index >= 15 is 0 Å². The van der Waals surface area contributed by atoms with Crippen LogP contribution in [0.4, 0.5) is 11.4 Å². The minimum Gasteiger partial charge on any atom is -0.379 e. The summed E-state index contributed by atoms with van der Waals surface area (Å²) in [4.78, 5) is 12.7. The Morgan fingerprint density at radius 1 is 1.33 bits per heavy atom. The summed E-state index contributed by atoms with van der Waals surface area (Å²) >= 11 is 0. The molecule has 0 aliphatic carbocycles. The summed E-state index contributed by atoms with van der Waals surface area (Å²) in [6.45, 7) is 4.97. The summed E-state index contributed by atoms with van der Waals surface area (Å²) in [6, 6.07) is 6.71. The first-order valence-electron chi connectivity index (χ1n) is 6.05. The summed E-state index contributed by atoms with van der Waals surface area (Å²) < 4.78 is 5.26. The predicted octanol–water partition coefficient (Wildman–Crippen LogP) is 1.34. The Morgan fingerprint density at radius 3 is 2.78 bits per heavy atom. The Hall–Kier alpha value is -1.66. The molecule has 0 spiro atoms. The van der Waals surface area contributed by atoms with E-state index in [0.717, 1.165) is 32.8 Å². The fourth-order valence-electron chi connectivity index (χ4n) is 1.96. The molecule has 0 unspecified atom stereocenters. The van der Waals surface area contributed by atoms with Crippen LogP contribution in [-0.2, 0) is 4.74 Å². The molecular formula is C12H17N3O3. The third kappa shape index (κ3) is 3.41. The van der Waals surface area contributed by atoms with Gasteiger partial charge in [0.1, 0.15) is 5.69 Å². The van der Waals surface area contributed by atoms with Crippen molar-refractivity contribution in [2.45, 2.75) is 0 Å². The van der Waals surface area contributed by atoms with E-state index in [0.29, 0.717) is 12.2 Å². The number of benzene rings is 1. The van der Waals surface area contributed by atoms with Gasteiger partial charge in [0.25, 0.3) is 5.69 Å². The van der Waals surface area contributed by atoms with Crippen LogP contribution in [0.1, 0.15) is 0 Å². The van der Waals surface area contributed by atoms with Crippen molar-refractivity contribution in [3.63, 3.8) is 0 Å². The van der Waals surface area contributed by atoms with Crippen LogP contribution < -0.4 is 5.32 Å². The summed E-state index contributed by atoms with van der Waals surface area (Å²) in [5.74, 6) is 0. The number of anilines is 1. The molecule has 1 aliphatic heterocycles. The van der Waals surface area contributed by atoms with Crippen LogP contribution in [0.15, 0.2) is 24.3 Å². The molecule has 0 saturated carbocycles. The highest BCUT2D eigenvalue weighted by Crippen LogP contribution is 2.22. The number of nitrogens with zero attached hydrogens (tertiary/aromatic N) is 2. The Bertz CT molecular complexity index is 405. The number of hydrogen-bond donors (Lipinski definition) is 1. The van der Waals surface area contributed by atoms with Gasteiger partial charge in [-0.25, -0.2) is 0 Å². The van der Waals surface area contributed by atoms with Crippen LogP contribution in [0, 0.1) is 10.1 Å². The number of nitro groups is 1. The summed E-state index contributed by atoms with van der Waals surface area (Å²) in [5.41, 5.74) is 0.704. The molecule has 6 heteroatoms. The van der Waals surface area contributed by atoms with Crippen molar-refractivity contribution < 1.29 is 9.66 Å². The molecule has 6 nitrogen and oxygen atoms in total. The zero-order valence-electron chi connectivity index (χ0n) is 10.2. The van der Waals surface area contributed by atoms with Gasteiger partial charge in [-0.05, 0) is 6.07 Å². The predicted molar refractivity (Wildman–Crippen MR) is 68.8 cm³/mol. The zero-order valence-corrected chi connectivity index (χ0v) is 10.2. The van der Waals surface area contributed by atoms with Crippen molar-refractivity contribution in [2.75, 3.05) is 44.7 Å². The number of rotatable bonds is 5. The number of nitro benzene ring substituents is 1. The zero-order chi connectivity index (χ0) is 12.8. The Kier molecular flexibility index (Phi) is 4.49. The van der Waals surface area contributed by atoms with E-state index in [1.165, 1.54) is 6.07 Å². The fraction of sp³-hybridized carbons (Fsp3) is 0.500. The average molecular weight is 251 g/mol. The highest BCUT2D eigenvalue weighted by Gasteiger charge is 2.13. The SMILES string of the molecule is O=[N+]([O-])c1ccccc1NCCN1CCOCC1. The lowest BCUT2D eigenvalue weighted by atomic mass is 10.2. The topological polar surface area (TPSA) is 67.6 Å². The second-order valence-corrected chi connectivity index (χ2v) is 4.16. The van der Waals surface area contributed by atoms with E-state index < -0.39 is 0 Å². The van der Waals surface area contributed by atoms with Crippen molar-refractivity contribution in [2.24, 2.45) is 0 Å². The third-order valence-electron chi connectivity index (χ3n) is 2.95. The van der Waals surface area contributed by atoms with Gasteiger partial charge in [-0.15, -0.1) is 0 Å². The lowest BCUT2D eigenvalue weighted by Gasteiger charge is -2.26. The minimum atomic E-state index is -0.364. The van der Waals surface area contributed by atoms with E-state index in [1.54, 1.807) is 18.2 Å². The van der Waals surface area contributed by atoms with Gasteiger partial charge in [0, 0.05) is 32.2 Å². The largest absolute Gasteiger partial charge is 0.379 e. The number of hydrogen-bond acceptors (Lipinski definition) is 5. The normalized spacial score (nSPS) is 16.4. The maximum Gasteiger partial charge on any atom is 0.292 e. The number of nitrogens with one attached hydrogen (secondary N) is 1. The van der Waals surface area contributed by atoms with Gasteiger partial charge in [0.2, 0.25) is 0 Å². The number of ether oxygens (including phenoxy) is 1. The molecule has 1 aromatic carbocycles. The number of para-hydroxylation sites is 2. The van der Waals surface area contributed by atoms with E-state index in [9.17, 15) is 10.1 Å². The summed E-state index contributed by atoms with van der Waals surface area (Å²) in [7, 11) is 0. The van der Waals surface area contributed by atoms with Crippen molar-refractivity contribution in [3.05, 3.63) is 34.4 Å². The molecule has 0 amide bonds. The maximum absolute atomic E-state index is 10.8. The molecule has 2 rings (SSSR count). The molecule has 1 aliphatic rings. The van der Waals surface area contributed by atoms with Gasteiger partial charge in [0.15, 0.2) is 0 Å². The highest BCUT2D eigenvalue weighted by molar-refractivity contribution is 5.60. The summed E-state index contributed by atoms with van der Waals surface area (Å²) in [6.07, 6.45) is 0. The smallest absolute Gasteiger partial charge is 0.292 e. The molecule has 98 valence electrons. The molecular weight excluding hydrogens is 234 g/mol. The van der Waals surface area contributed by atoms with Crippen molar-refractivity contribution in [1.82, 2.24) is 4.90 Å². The van der Waals surface area contributed by atoms with Gasteiger partial charge >= 0.3 is 0 Å². The van der Waals surface area contributed by atoms with Gasteiger partial charge in [-0.2, -0.15) is 0 Å². The average Bonchev–Trinajstić information content (AvgIpc) is 2.40. The first-order chi connectivity index (χ1) is 8.77. The van der Waals surface area contributed by atoms with Gasteiger partial charge in [-0.3, -0.25) is 15.0 Å². The van der Waals surface area contributed by atoms with Crippen LogP contribution in [0.5, 0.6) is 0 Å². The first kappa shape index (κ1) is 12.8. The molecule has 0 bridgehead atoms. The Labute approximate surface area is 106 Å². The van der Waals surface area contributed by atoms with E-state index in [-0.39, 0.29) is 10.6 Å². The second-order valence-electron chi connectivity index (χ2n) is 4.16. The molecule has 1 saturated heterocycles. The highest BCUT2D eigenvalue weighted by atomic mass is 16.6. The Morgan fingerprint density at radius 2 is 2.06 bits per heavy atom. The van der Waals surface area contributed by atoms with Crippen LogP contribution in [0.3, 0.4) is 0 Å². The molecule has 0 atom stereocenters. The standard InChI is InChI=1S/C12H17N3O3/c16-15(17)12-4-2-1-3-11(12)13-5-6-14-7-9-18-10-8-14/h1-4,13H,5-10H2. The maximum atomic E-state index is 10.8. The quantitative estimate of drug-likeness (QED) is 0.631. The van der Waals surface area contributed by atoms with Gasteiger partial charge < -0.3 is 10.1 Å². The van der Waals surface area contributed by atoms with Crippen molar-refractivity contribution in [1.29, 1.82) is 0 Å². The molecule has 1 aromatic rings. The van der Waals surface area contributed by atoms with E-state index in [2.05, 4.69) is 10.2 Å². The van der Waals surface area contributed by atoms with Crippen LogP contribution in [-0.4, -0.2) is 49.2 Å². The lowest BCUT2D eigenvalue weighted by molar-refractivity contribution is -0.384. The molecule has 18 heavy (non-hydrogen) atoms. The lowest BCUT2D eigenvalue weighted by Crippen LogP contribution is -2.39. The van der Waals surface area contributed by atoms with E-state index in [1.807, 2.05) is 0 Å². The monoisotopic (exact) mass is 251 g/mol. The van der Waals surface area contributed by atoms with Crippen LogP contribution in [0.25, 0.3) is 0 Å². The molecule has 1 N–H and O–H groups in total. The summed E-state index contributed by atoms with van der Waals surface area (Å²) in [5, 5.41) is 13.9. The van der Waals surface area contributed by atoms with Crippen molar-refractivity contribution >= 4 is 11.4 Å². The fourth-order valence-corrected chi connectivity index (χ4v) is 1.96. The van der Waals surface area contributed by atoms with Gasteiger partial charge in [0.05, 0.1) is 18.1 Å².